The van der Waals surface area contributed by atoms with E-state index in [0.29, 0.717) is 58.3 Å². The number of aromatic carboxylic acids is 1. The van der Waals surface area contributed by atoms with Crippen LogP contribution >= 0.6 is 0 Å². The summed E-state index contributed by atoms with van der Waals surface area (Å²) in [7, 11) is 1.75. The van der Waals surface area contributed by atoms with E-state index in [1.54, 1.807) is 54.4 Å². The van der Waals surface area contributed by atoms with Crippen molar-refractivity contribution in [2.75, 3.05) is 11.9 Å². The molecule has 9 nitrogen and oxygen atoms in total. The first-order valence-electron chi connectivity index (χ1n) is 11.7. The number of rotatable bonds is 5. The van der Waals surface area contributed by atoms with E-state index in [2.05, 4.69) is 0 Å². The lowest BCUT2D eigenvalue weighted by Gasteiger charge is -2.20. The third-order valence-electron chi connectivity index (χ3n) is 6.51. The number of carbonyl (C=O) groups is 3. The molecular weight excluding hydrogens is 486 g/mol. The lowest BCUT2D eigenvalue weighted by atomic mass is 10.00. The maximum atomic E-state index is 13.5. The van der Waals surface area contributed by atoms with Crippen LogP contribution in [0.3, 0.4) is 0 Å². The zero-order valence-electron chi connectivity index (χ0n) is 20.2. The van der Waals surface area contributed by atoms with Gasteiger partial charge in [0.15, 0.2) is 5.88 Å². The summed E-state index contributed by atoms with van der Waals surface area (Å²) in [4.78, 5) is 39.3. The Kier molecular flexibility index (Phi) is 6.15. The lowest BCUT2D eigenvalue weighted by molar-refractivity contribution is -0.132. The van der Waals surface area contributed by atoms with Crippen LogP contribution in [0.5, 0.6) is 0 Å². The Morgan fingerprint density at radius 2 is 1.71 bits per heavy atom. The van der Waals surface area contributed by atoms with Crippen molar-refractivity contribution in [2.24, 2.45) is 0 Å². The second-order valence-corrected chi connectivity index (χ2v) is 8.72. The van der Waals surface area contributed by atoms with Crippen molar-refractivity contribution in [2.45, 2.75) is 12.8 Å². The molecule has 0 unspecified atom stereocenters. The van der Waals surface area contributed by atoms with Gasteiger partial charge in [0, 0.05) is 36.4 Å². The van der Waals surface area contributed by atoms with Gasteiger partial charge in [0.05, 0.1) is 17.0 Å². The standard InChI is InChI=1S/C29H21N3O6/c1-31-23-15-19(29(36)37)9-13-24(23)38-25(31)14-12-22-26(17-5-3-2-4-6-17)21(16-30)27(33)32(22)20-10-7-18(8-11-20)28(34)35/h2-8,10-12,14-15H,9,13H2,1H3,(H,34,35)(H,36,37)/b22-12-,25-14-. The number of carboxylic acids is 2. The van der Waals surface area contributed by atoms with E-state index in [0.717, 1.165) is 0 Å². The first kappa shape index (κ1) is 24.3. The Morgan fingerprint density at radius 3 is 2.34 bits per heavy atom. The average molecular weight is 508 g/mol. The molecule has 9 heteroatoms. The molecule has 0 spiro atoms. The van der Waals surface area contributed by atoms with Gasteiger partial charge in [-0.2, -0.15) is 5.26 Å². The van der Waals surface area contributed by atoms with Crippen molar-refractivity contribution in [3.63, 3.8) is 0 Å². The van der Waals surface area contributed by atoms with E-state index < -0.39 is 17.8 Å². The lowest BCUT2D eigenvalue weighted by Crippen LogP contribution is -2.25. The molecule has 3 aliphatic rings. The molecule has 2 N–H and O–H groups in total. The Labute approximate surface area is 217 Å². The Morgan fingerprint density at radius 1 is 1.00 bits per heavy atom. The molecule has 38 heavy (non-hydrogen) atoms. The third-order valence-corrected chi connectivity index (χ3v) is 6.51. The minimum atomic E-state index is -1.09. The molecule has 2 aromatic carbocycles. The monoisotopic (exact) mass is 507 g/mol. The molecule has 0 saturated carbocycles. The van der Waals surface area contributed by atoms with E-state index in [1.165, 1.54) is 29.2 Å². The largest absolute Gasteiger partial charge is 0.478 e. The van der Waals surface area contributed by atoms with Gasteiger partial charge in [-0.1, -0.05) is 30.3 Å². The van der Waals surface area contributed by atoms with Crippen molar-refractivity contribution in [3.8, 4) is 6.07 Å². The quantitative estimate of drug-likeness (QED) is 0.608. The number of hydrogen-bond acceptors (Lipinski definition) is 6. The van der Waals surface area contributed by atoms with Crippen molar-refractivity contribution in [3.05, 3.63) is 118 Å². The molecule has 2 aromatic rings. The second-order valence-electron chi connectivity index (χ2n) is 8.72. The molecule has 188 valence electrons. The second kappa shape index (κ2) is 9.59. The van der Waals surface area contributed by atoms with Crippen LogP contribution in [0.2, 0.25) is 0 Å². The van der Waals surface area contributed by atoms with Gasteiger partial charge in [0.25, 0.3) is 5.91 Å². The fourth-order valence-corrected chi connectivity index (χ4v) is 4.60. The molecule has 0 fully saturated rings. The molecule has 0 atom stereocenters. The van der Waals surface area contributed by atoms with E-state index in [4.69, 9.17) is 4.74 Å². The summed E-state index contributed by atoms with van der Waals surface area (Å²) in [5, 5.41) is 28.6. The zero-order valence-corrected chi connectivity index (χ0v) is 20.2. The number of nitriles is 1. The van der Waals surface area contributed by atoms with Gasteiger partial charge in [-0.15, -0.1) is 0 Å². The van der Waals surface area contributed by atoms with Gasteiger partial charge < -0.3 is 19.8 Å². The van der Waals surface area contributed by atoms with E-state index in [9.17, 15) is 29.9 Å². The fourth-order valence-electron chi connectivity index (χ4n) is 4.60. The van der Waals surface area contributed by atoms with Crippen LogP contribution in [0.25, 0.3) is 5.57 Å². The molecule has 0 aromatic heterocycles. The molecule has 2 aliphatic heterocycles. The number of hydrogen-bond donors (Lipinski definition) is 2. The summed E-state index contributed by atoms with van der Waals surface area (Å²) < 4.78 is 6.00. The summed E-state index contributed by atoms with van der Waals surface area (Å²) in [5.74, 6) is -1.52. The molecule has 0 saturated heterocycles. The number of allylic oxidation sites excluding steroid dienone is 5. The normalized spacial score (nSPS) is 19.1. The summed E-state index contributed by atoms with van der Waals surface area (Å²) in [6.07, 6.45) is 5.73. The highest BCUT2D eigenvalue weighted by Gasteiger charge is 2.37. The summed E-state index contributed by atoms with van der Waals surface area (Å²) in [6, 6.07) is 16.9. The first-order chi connectivity index (χ1) is 18.3. The minimum absolute atomic E-state index is 0.0460. The van der Waals surface area contributed by atoms with Crippen LogP contribution in [-0.4, -0.2) is 40.0 Å². The fraction of sp³-hybridized carbons (Fsp3) is 0.103. The van der Waals surface area contributed by atoms with Crippen LogP contribution in [0.15, 0.2) is 107 Å². The topological polar surface area (TPSA) is 131 Å². The summed E-state index contributed by atoms with van der Waals surface area (Å²) in [5.41, 5.74) is 2.88. The van der Waals surface area contributed by atoms with Crippen molar-refractivity contribution >= 4 is 29.1 Å². The number of likely N-dealkylation sites (N-methyl/N-ethyl adjacent to an activating group) is 1. The number of carbonyl (C=O) groups excluding carboxylic acids is 1. The van der Waals surface area contributed by atoms with Gasteiger partial charge in [0.2, 0.25) is 0 Å². The maximum Gasteiger partial charge on any atom is 0.335 e. The highest BCUT2D eigenvalue weighted by atomic mass is 16.5. The molecule has 1 aliphatic carbocycles. The van der Waals surface area contributed by atoms with Gasteiger partial charge in [0.1, 0.15) is 17.4 Å². The van der Waals surface area contributed by atoms with Crippen LogP contribution < -0.4 is 4.90 Å². The number of aliphatic carboxylic acids is 1. The Hall–Kier alpha value is -5.36. The van der Waals surface area contributed by atoms with Gasteiger partial charge in [-0.3, -0.25) is 9.69 Å². The number of anilines is 1. The Balaban J connectivity index is 1.60. The van der Waals surface area contributed by atoms with Crippen LogP contribution in [0, 0.1) is 11.3 Å². The highest BCUT2D eigenvalue weighted by molar-refractivity contribution is 6.24. The first-order valence-corrected chi connectivity index (χ1v) is 11.7. The summed E-state index contributed by atoms with van der Waals surface area (Å²) >= 11 is 0. The van der Waals surface area contributed by atoms with Gasteiger partial charge in [-0.25, -0.2) is 9.59 Å². The predicted molar refractivity (Wildman–Crippen MR) is 137 cm³/mol. The van der Waals surface area contributed by atoms with Crippen LogP contribution in [-0.2, 0) is 14.3 Å². The maximum absolute atomic E-state index is 13.5. The Bertz CT molecular complexity index is 1570. The molecule has 0 bridgehead atoms. The van der Waals surface area contributed by atoms with Crippen molar-refractivity contribution in [1.29, 1.82) is 5.26 Å². The molecule has 0 radical (unpaired) electrons. The van der Waals surface area contributed by atoms with E-state index >= 15 is 0 Å². The molecule has 2 heterocycles. The smallest absolute Gasteiger partial charge is 0.335 e. The van der Waals surface area contributed by atoms with Crippen LogP contribution in [0.4, 0.5) is 5.69 Å². The van der Waals surface area contributed by atoms with Gasteiger partial charge >= 0.3 is 11.9 Å². The van der Waals surface area contributed by atoms with Crippen molar-refractivity contribution in [1.82, 2.24) is 4.90 Å². The van der Waals surface area contributed by atoms with E-state index in [1.807, 2.05) is 12.1 Å². The molecule has 1 amide bonds. The zero-order chi connectivity index (χ0) is 27.0. The molecule has 5 rings (SSSR count). The highest BCUT2D eigenvalue weighted by Crippen LogP contribution is 2.41. The predicted octanol–water partition coefficient (Wildman–Crippen LogP) is 4.41. The van der Waals surface area contributed by atoms with Gasteiger partial charge in [-0.05, 0) is 48.4 Å². The number of carboxylic acid groups (broad SMARTS) is 2. The minimum Gasteiger partial charge on any atom is -0.478 e. The van der Waals surface area contributed by atoms with E-state index in [-0.39, 0.29) is 11.1 Å². The average Bonchev–Trinajstić information content (AvgIpc) is 3.40. The van der Waals surface area contributed by atoms with Crippen LogP contribution in [0.1, 0.15) is 28.8 Å². The number of benzene rings is 2. The molecular formula is C29H21N3O6. The summed E-state index contributed by atoms with van der Waals surface area (Å²) in [6.45, 7) is 0. The SMILES string of the molecule is CN1C2=C(CCC(C(=O)O)=C2)O/C1=C\C=C1\C(c2ccccc2)=C(C#N)C(=O)N1c1ccc(C(=O)O)cc1. The number of ether oxygens (including phenoxy) is 1. The number of amides is 1. The third kappa shape index (κ3) is 4.14. The number of nitrogens with zero attached hydrogens (tertiary/aromatic N) is 3. The van der Waals surface area contributed by atoms with Crippen molar-refractivity contribution < 1.29 is 29.3 Å².